The van der Waals surface area contributed by atoms with Gasteiger partial charge in [-0.05, 0) is 45.1 Å². The Morgan fingerprint density at radius 3 is 2.72 bits per heavy atom. The maximum absolute atomic E-state index is 12.7. The zero-order chi connectivity index (χ0) is 21.0. The van der Waals surface area contributed by atoms with Crippen LogP contribution < -0.4 is 10.6 Å². The van der Waals surface area contributed by atoms with Crippen molar-refractivity contribution in [2.24, 2.45) is 5.92 Å². The van der Waals surface area contributed by atoms with Gasteiger partial charge in [0.25, 0.3) is 0 Å². The third-order valence-electron chi connectivity index (χ3n) is 4.99. The van der Waals surface area contributed by atoms with E-state index in [0.717, 1.165) is 19.3 Å². The summed E-state index contributed by atoms with van der Waals surface area (Å²) >= 11 is 6.55. The minimum absolute atomic E-state index is 0.163. The third-order valence-corrected chi connectivity index (χ3v) is 5.26. The fraction of sp³-hybridized carbons (Fsp3) is 0.476. The highest BCUT2D eigenvalue weighted by molar-refractivity contribution is 6.33. The van der Waals surface area contributed by atoms with Gasteiger partial charge in [0, 0.05) is 25.3 Å². The van der Waals surface area contributed by atoms with Crippen molar-refractivity contribution in [3.8, 4) is 11.1 Å². The van der Waals surface area contributed by atoms with Crippen LogP contribution in [-0.4, -0.2) is 46.8 Å². The van der Waals surface area contributed by atoms with Gasteiger partial charge in [-0.25, -0.2) is 9.78 Å². The number of halogens is 1. The summed E-state index contributed by atoms with van der Waals surface area (Å²) in [5.41, 5.74) is 1.59. The number of carbonyl (C=O) groups is 1. The normalized spacial score (nSPS) is 18.7. The minimum Gasteiger partial charge on any atom is -0.459 e. The molecule has 1 fully saturated rings. The van der Waals surface area contributed by atoms with Crippen molar-refractivity contribution >= 4 is 29.3 Å². The summed E-state index contributed by atoms with van der Waals surface area (Å²) in [7, 11) is 1.72. The second-order valence-corrected chi connectivity index (χ2v) is 7.87. The predicted octanol–water partition coefficient (Wildman–Crippen LogP) is 3.98. The average Bonchev–Trinajstić information content (AvgIpc) is 3.14. The van der Waals surface area contributed by atoms with Crippen molar-refractivity contribution in [1.29, 1.82) is 0 Å². The van der Waals surface area contributed by atoms with E-state index in [4.69, 9.17) is 16.3 Å². The molecule has 7 nitrogen and oxygen atoms in total. The number of aromatic nitrogens is 2. The Balaban J connectivity index is 2.04. The summed E-state index contributed by atoms with van der Waals surface area (Å²) in [5.74, 6) is 0.810. The Kier molecular flexibility index (Phi) is 6.92. The van der Waals surface area contributed by atoms with Crippen LogP contribution in [0.3, 0.4) is 0 Å². The number of aliphatic hydroxyl groups excluding tert-OH is 1. The van der Waals surface area contributed by atoms with Crippen LogP contribution in [0.2, 0.25) is 5.15 Å². The quantitative estimate of drug-likeness (QED) is 0.462. The van der Waals surface area contributed by atoms with Crippen molar-refractivity contribution in [2.75, 3.05) is 24.3 Å². The van der Waals surface area contributed by atoms with Gasteiger partial charge in [-0.15, -0.1) is 0 Å². The van der Waals surface area contributed by atoms with Crippen molar-refractivity contribution < 1.29 is 14.6 Å². The van der Waals surface area contributed by atoms with Crippen LogP contribution in [0.4, 0.5) is 11.8 Å². The summed E-state index contributed by atoms with van der Waals surface area (Å²) < 4.78 is 5.40. The molecule has 8 heteroatoms. The number of aliphatic hydroxyl groups is 1. The number of esters is 1. The Labute approximate surface area is 175 Å². The SMILES string of the molecule is CNc1nc(Cl)c(-c2ccccc2C(=O)OC(C)C)c(N[C@H]2CC[C@@H](CO)C2)n1. The molecule has 1 aliphatic rings. The van der Waals surface area contributed by atoms with Gasteiger partial charge in [-0.2, -0.15) is 4.98 Å². The molecule has 0 unspecified atom stereocenters. The zero-order valence-electron chi connectivity index (χ0n) is 16.9. The maximum atomic E-state index is 12.7. The Bertz CT molecular complexity index is 875. The van der Waals surface area contributed by atoms with Crippen molar-refractivity contribution in [3.63, 3.8) is 0 Å². The number of anilines is 2. The largest absolute Gasteiger partial charge is 0.459 e. The highest BCUT2D eigenvalue weighted by Crippen LogP contribution is 2.38. The fourth-order valence-corrected chi connectivity index (χ4v) is 3.88. The predicted molar refractivity (Wildman–Crippen MR) is 114 cm³/mol. The van der Waals surface area contributed by atoms with Gasteiger partial charge in [0.1, 0.15) is 11.0 Å². The van der Waals surface area contributed by atoms with Gasteiger partial charge in [0.15, 0.2) is 0 Å². The lowest BCUT2D eigenvalue weighted by molar-refractivity contribution is 0.0379. The monoisotopic (exact) mass is 418 g/mol. The molecule has 2 aromatic rings. The van der Waals surface area contributed by atoms with Gasteiger partial charge < -0.3 is 20.5 Å². The molecular weight excluding hydrogens is 392 g/mol. The highest BCUT2D eigenvalue weighted by atomic mass is 35.5. The number of hydrogen-bond donors (Lipinski definition) is 3. The molecule has 3 N–H and O–H groups in total. The maximum Gasteiger partial charge on any atom is 0.339 e. The highest BCUT2D eigenvalue weighted by Gasteiger charge is 2.27. The molecule has 3 rings (SSSR count). The molecule has 29 heavy (non-hydrogen) atoms. The lowest BCUT2D eigenvalue weighted by Crippen LogP contribution is -2.19. The molecule has 1 aliphatic carbocycles. The van der Waals surface area contributed by atoms with E-state index in [1.54, 1.807) is 19.2 Å². The summed E-state index contributed by atoms with van der Waals surface area (Å²) in [6.07, 6.45) is 2.50. The molecule has 0 radical (unpaired) electrons. The van der Waals surface area contributed by atoms with E-state index in [9.17, 15) is 9.90 Å². The molecule has 2 atom stereocenters. The Morgan fingerprint density at radius 1 is 1.31 bits per heavy atom. The molecule has 1 heterocycles. The topological polar surface area (TPSA) is 96.4 Å². The van der Waals surface area contributed by atoms with Crippen molar-refractivity contribution in [1.82, 2.24) is 9.97 Å². The Morgan fingerprint density at radius 2 is 2.07 bits per heavy atom. The van der Waals surface area contributed by atoms with E-state index in [1.165, 1.54) is 0 Å². The van der Waals surface area contributed by atoms with Crippen LogP contribution >= 0.6 is 11.6 Å². The molecule has 0 spiro atoms. The summed E-state index contributed by atoms with van der Waals surface area (Å²) in [6, 6.07) is 7.31. The zero-order valence-corrected chi connectivity index (χ0v) is 17.7. The molecule has 156 valence electrons. The van der Waals surface area contributed by atoms with Crippen LogP contribution in [0.1, 0.15) is 43.5 Å². The van der Waals surface area contributed by atoms with Crippen molar-refractivity contribution in [3.05, 3.63) is 35.0 Å². The van der Waals surface area contributed by atoms with E-state index in [1.807, 2.05) is 26.0 Å². The number of carbonyl (C=O) groups excluding carboxylic acids is 1. The number of nitrogens with one attached hydrogen (secondary N) is 2. The standard InChI is InChI=1S/C21H27ClN4O3/c1-12(2)29-20(28)16-7-5-4-6-15(16)17-18(22)25-21(23-3)26-19(17)24-14-9-8-13(10-14)11-27/h4-7,12-14,27H,8-11H2,1-3H3,(H2,23,24,25,26)/t13-,14+/m1/s1. The fourth-order valence-electron chi connectivity index (χ4n) is 3.61. The van der Waals surface area contributed by atoms with E-state index < -0.39 is 5.97 Å². The number of ether oxygens (including phenoxy) is 1. The first-order valence-corrected chi connectivity index (χ1v) is 10.2. The summed E-state index contributed by atoms with van der Waals surface area (Å²) in [6.45, 7) is 3.80. The molecular formula is C21H27ClN4O3. The average molecular weight is 419 g/mol. The second kappa shape index (κ2) is 9.41. The van der Waals surface area contributed by atoms with Crippen LogP contribution in [-0.2, 0) is 4.74 Å². The first-order valence-electron chi connectivity index (χ1n) is 9.86. The molecule has 1 aromatic heterocycles. The molecule has 0 aliphatic heterocycles. The van der Waals surface area contributed by atoms with E-state index in [0.29, 0.717) is 28.5 Å². The minimum atomic E-state index is -0.420. The van der Waals surface area contributed by atoms with Crippen LogP contribution in [0, 0.1) is 5.92 Å². The van der Waals surface area contributed by atoms with Crippen molar-refractivity contribution in [2.45, 2.75) is 45.3 Å². The molecule has 0 saturated heterocycles. The van der Waals surface area contributed by atoms with Crippen LogP contribution in [0.5, 0.6) is 0 Å². The first kappa shape index (κ1) is 21.3. The third kappa shape index (κ3) is 4.97. The van der Waals surface area contributed by atoms with E-state index in [2.05, 4.69) is 20.6 Å². The smallest absolute Gasteiger partial charge is 0.339 e. The van der Waals surface area contributed by atoms with E-state index >= 15 is 0 Å². The summed E-state index contributed by atoms with van der Waals surface area (Å²) in [5, 5.41) is 16.1. The van der Waals surface area contributed by atoms with Gasteiger partial charge >= 0.3 is 5.97 Å². The Hall–Kier alpha value is -2.38. The number of rotatable bonds is 7. The molecule has 0 bridgehead atoms. The van der Waals surface area contributed by atoms with Gasteiger partial charge in [0.05, 0.1) is 17.2 Å². The number of benzene rings is 1. The first-order chi connectivity index (χ1) is 13.9. The molecule has 1 aromatic carbocycles. The van der Waals surface area contributed by atoms with Gasteiger partial charge in [-0.1, -0.05) is 29.8 Å². The lowest BCUT2D eigenvalue weighted by Gasteiger charge is -2.20. The lowest BCUT2D eigenvalue weighted by atomic mass is 10.0. The van der Waals surface area contributed by atoms with Gasteiger partial charge in [-0.3, -0.25) is 0 Å². The number of nitrogens with zero attached hydrogens (tertiary/aromatic N) is 2. The van der Waals surface area contributed by atoms with Gasteiger partial charge in [0.2, 0.25) is 5.95 Å². The summed E-state index contributed by atoms with van der Waals surface area (Å²) in [4.78, 5) is 21.5. The van der Waals surface area contributed by atoms with Crippen LogP contribution in [0.25, 0.3) is 11.1 Å². The molecule has 0 amide bonds. The van der Waals surface area contributed by atoms with E-state index in [-0.39, 0.29) is 29.8 Å². The van der Waals surface area contributed by atoms with Crippen LogP contribution in [0.15, 0.2) is 24.3 Å². The second-order valence-electron chi connectivity index (χ2n) is 7.51. The molecule has 1 saturated carbocycles. The number of hydrogen-bond acceptors (Lipinski definition) is 7.